The van der Waals surface area contributed by atoms with Gasteiger partial charge in [-0.25, -0.2) is 9.78 Å². The highest BCUT2D eigenvalue weighted by atomic mass is 35.5. The maximum absolute atomic E-state index is 12.7. The van der Waals surface area contributed by atoms with Crippen molar-refractivity contribution in [3.05, 3.63) is 61.5 Å². The van der Waals surface area contributed by atoms with E-state index < -0.39 is 12.1 Å². The van der Waals surface area contributed by atoms with E-state index in [0.717, 1.165) is 30.0 Å². The smallest absolute Gasteiger partial charge is 0.349 e. The number of fused-ring (bicyclic) bond motifs is 2. The number of hydrogen-bond acceptors (Lipinski definition) is 6. The summed E-state index contributed by atoms with van der Waals surface area (Å²) >= 11 is 7.05. The average molecular weight is 417 g/mol. The van der Waals surface area contributed by atoms with Gasteiger partial charge in [0, 0.05) is 23.6 Å². The van der Waals surface area contributed by atoms with E-state index in [2.05, 4.69) is 4.98 Å². The molecule has 0 spiro atoms. The first-order chi connectivity index (χ1) is 13.4. The Balaban J connectivity index is 1.62. The average Bonchev–Trinajstić information content (AvgIpc) is 3.26. The molecule has 0 amide bonds. The summed E-state index contributed by atoms with van der Waals surface area (Å²) in [5.41, 5.74) is 0.803. The Labute approximate surface area is 169 Å². The SMILES string of the molecule is Cc1c(C(=O)O[C@H](C)C(=O)c2cccc(Cl)c2)sc2nc3n(c(=O)c12)CCC3. The minimum absolute atomic E-state index is 0.117. The summed E-state index contributed by atoms with van der Waals surface area (Å²) in [6, 6.07) is 6.48. The molecule has 0 saturated heterocycles. The van der Waals surface area contributed by atoms with Crippen molar-refractivity contribution >= 4 is 44.9 Å². The molecule has 1 atom stereocenters. The van der Waals surface area contributed by atoms with Gasteiger partial charge in [-0.2, -0.15) is 0 Å². The number of hydrogen-bond donors (Lipinski definition) is 0. The second-order valence-corrected chi connectivity index (χ2v) is 8.18. The van der Waals surface area contributed by atoms with Gasteiger partial charge in [0.05, 0.1) is 5.39 Å². The summed E-state index contributed by atoms with van der Waals surface area (Å²) in [7, 11) is 0. The molecule has 0 N–H and O–H groups in total. The number of esters is 1. The molecule has 1 aliphatic heterocycles. The molecule has 3 aromatic rings. The van der Waals surface area contributed by atoms with E-state index in [-0.39, 0.29) is 11.3 Å². The molecule has 4 rings (SSSR count). The maximum atomic E-state index is 12.7. The van der Waals surface area contributed by atoms with Crippen LogP contribution in [0, 0.1) is 6.92 Å². The first-order valence-corrected chi connectivity index (χ1v) is 10.1. The van der Waals surface area contributed by atoms with Gasteiger partial charge in [0.2, 0.25) is 5.78 Å². The number of nitrogens with zero attached hydrogens (tertiary/aromatic N) is 2. The van der Waals surface area contributed by atoms with E-state index in [1.54, 1.807) is 29.7 Å². The van der Waals surface area contributed by atoms with Crippen LogP contribution in [0.25, 0.3) is 10.2 Å². The Morgan fingerprint density at radius 3 is 2.89 bits per heavy atom. The molecule has 0 aliphatic carbocycles. The van der Waals surface area contributed by atoms with Crippen LogP contribution in [-0.4, -0.2) is 27.4 Å². The minimum atomic E-state index is -0.977. The number of benzene rings is 1. The van der Waals surface area contributed by atoms with E-state index in [1.165, 1.54) is 13.0 Å². The van der Waals surface area contributed by atoms with Crippen LogP contribution in [0.3, 0.4) is 0 Å². The molecule has 1 aromatic carbocycles. The molecular weight excluding hydrogens is 400 g/mol. The molecule has 28 heavy (non-hydrogen) atoms. The Morgan fingerprint density at radius 1 is 1.36 bits per heavy atom. The van der Waals surface area contributed by atoms with Gasteiger partial charge in [-0.05, 0) is 38.0 Å². The molecule has 6 nitrogen and oxygen atoms in total. The van der Waals surface area contributed by atoms with Crippen molar-refractivity contribution in [2.24, 2.45) is 0 Å². The zero-order valence-electron chi connectivity index (χ0n) is 15.3. The van der Waals surface area contributed by atoms with Crippen LogP contribution < -0.4 is 5.56 Å². The second-order valence-electron chi connectivity index (χ2n) is 6.75. The number of Topliss-reactive ketones (excluding diaryl/α,β-unsaturated/α-hetero) is 1. The monoisotopic (exact) mass is 416 g/mol. The molecule has 2 aromatic heterocycles. The zero-order chi connectivity index (χ0) is 20.0. The van der Waals surface area contributed by atoms with E-state index in [4.69, 9.17) is 16.3 Å². The molecular formula is C20H17ClN2O4S. The number of carbonyl (C=O) groups excluding carboxylic acids is 2. The Kier molecular flexibility index (Phi) is 4.81. The quantitative estimate of drug-likeness (QED) is 0.477. The van der Waals surface area contributed by atoms with Gasteiger partial charge >= 0.3 is 5.97 Å². The van der Waals surface area contributed by atoms with Gasteiger partial charge in [0.1, 0.15) is 15.5 Å². The molecule has 0 bridgehead atoms. The molecule has 8 heteroatoms. The summed E-state index contributed by atoms with van der Waals surface area (Å²) in [5, 5.41) is 0.890. The first kappa shape index (κ1) is 18.8. The Hall–Kier alpha value is -2.51. The van der Waals surface area contributed by atoms with Crippen molar-refractivity contribution in [1.82, 2.24) is 9.55 Å². The number of halogens is 1. The molecule has 0 unspecified atom stereocenters. The molecule has 0 radical (unpaired) electrons. The lowest BCUT2D eigenvalue weighted by atomic mass is 10.1. The number of aryl methyl sites for hydroxylation is 2. The summed E-state index contributed by atoms with van der Waals surface area (Å²) in [6.45, 7) is 3.88. The molecule has 0 fully saturated rings. The number of ketones is 1. The Morgan fingerprint density at radius 2 is 2.14 bits per heavy atom. The minimum Gasteiger partial charge on any atom is -0.450 e. The van der Waals surface area contributed by atoms with Crippen LogP contribution in [0.4, 0.5) is 0 Å². The van der Waals surface area contributed by atoms with Crippen LogP contribution in [0.5, 0.6) is 0 Å². The van der Waals surface area contributed by atoms with Crippen molar-refractivity contribution < 1.29 is 14.3 Å². The third kappa shape index (κ3) is 3.14. The summed E-state index contributed by atoms with van der Waals surface area (Å²) < 4.78 is 7.05. The fraction of sp³-hybridized carbons (Fsp3) is 0.300. The van der Waals surface area contributed by atoms with Crippen molar-refractivity contribution in [3.8, 4) is 0 Å². The highest BCUT2D eigenvalue weighted by molar-refractivity contribution is 7.20. The lowest BCUT2D eigenvalue weighted by Crippen LogP contribution is -2.24. The number of aromatic nitrogens is 2. The molecule has 3 heterocycles. The van der Waals surface area contributed by atoms with Crippen LogP contribution in [0.1, 0.15) is 44.8 Å². The van der Waals surface area contributed by atoms with Gasteiger partial charge < -0.3 is 4.74 Å². The van der Waals surface area contributed by atoms with Gasteiger partial charge in [0.25, 0.3) is 5.56 Å². The van der Waals surface area contributed by atoms with Crippen LogP contribution in [0.15, 0.2) is 29.1 Å². The van der Waals surface area contributed by atoms with Gasteiger partial charge in [-0.3, -0.25) is 14.2 Å². The van der Waals surface area contributed by atoms with Crippen molar-refractivity contribution in [2.45, 2.75) is 39.3 Å². The van der Waals surface area contributed by atoms with Crippen LogP contribution >= 0.6 is 22.9 Å². The summed E-state index contributed by atoms with van der Waals surface area (Å²) in [5.74, 6) is -0.220. The number of ether oxygens (including phenoxy) is 1. The van der Waals surface area contributed by atoms with E-state index >= 15 is 0 Å². The lowest BCUT2D eigenvalue weighted by Gasteiger charge is -2.12. The first-order valence-electron chi connectivity index (χ1n) is 8.90. The van der Waals surface area contributed by atoms with Crippen LogP contribution in [-0.2, 0) is 17.7 Å². The summed E-state index contributed by atoms with van der Waals surface area (Å²) in [4.78, 5) is 43.3. The van der Waals surface area contributed by atoms with Gasteiger partial charge in [-0.15, -0.1) is 11.3 Å². The van der Waals surface area contributed by atoms with E-state index in [1.807, 2.05) is 0 Å². The number of rotatable bonds is 4. The largest absolute Gasteiger partial charge is 0.450 e. The fourth-order valence-corrected chi connectivity index (χ4v) is 4.68. The highest BCUT2D eigenvalue weighted by Crippen LogP contribution is 2.29. The fourth-order valence-electron chi connectivity index (χ4n) is 3.41. The standard InChI is InChI=1S/C20H17ClN2O4S/c1-10-15-18(22-14-7-4-8-23(14)19(15)25)28-17(10)20(26)27-11(2)16(24)12-5-3-6-13(21)9-12/h3,5-6,9,11H,4,7-8H2,1-2H3/t11-/m1/s1. The third-order valence-corrected chi connectivity index (χ3v) is 6.26. The number of carbonyl (C=O) groups is 2. The molecule has 144 valence electrons. The molecule has 0 saturated carbocycles. The van der Waals surface area contributed by atoms with Crippen LogP contribution in [0.2, 0.25) is 5.02 Å². The topological polar surface area (TPSA) is 78.3 Å². The predicted molar refractivity (Wildman–Crippen MR) is 108 cm³/mol. The van der Waals surface area contributed by atoms with E-state index in [9.17, 15) is 14.4 Å². The summed E-state index contributed by atoms with van der Waals surface area (Å²) in [6.07, 6.45) is 0.679. The lowest BCUT2D eigenvalue weighted by molar-refractivity contribution is 0.0323. The van der Waals surface area contributed by atoms with E-state index in [0.29, 0.717) is 37.8 Å². The molecule has 1 aliphatic rings. The maximum Gasteiger partial charge on any atom is 0.349 e. The second kappa shape index (κ2) is 7.14. The third-order valence-electron chi connectivity index (χ3n) is 4.86. The normalized spacial score (nSPS) is 14.1. The predicted octanol–water partition coefficient (Wildman–Crippen LogP) is 3.79. The number of thiophene rings is 1. The highest BCUT2D eigenvalue weighted by Gasteiger charge is 2.26. The van der Waals surface area contributed by atoms with Gasteiger partial charge in [0.15, 0.2) is 6.10 Å². The zero-order valence-corrected chi connectivity index (χ0v) is 16.9. The van der Waals surface area contributed by atoms with Crippen molar-refractivity contribution in [1.29, 1.82) is 0 Å². The van der Waals surface area contributed by atoms with Crippen molar-refractivity contribution in [3.63, 3.8) is 0 Å². The Bertz CT molecular complexity index is 1180. The van der Waals surface area contributed by atoms with Crippen molar-refractivity contribution in [2.75, 3.05) is 0 Å². The van der Waals surface area contributed by atoms with Gasteiger partial charge in [-0.1, -0.05) is 23.7 Å².